The van der Waals surface area contributed by atoms with Crippen molar-refractivity contribution in [2.24, 2.45) is 22.3 Å². The van der Waals surface area contributed by atoms with Crippen molar-refractivity contribution in [1.82, 2.24) is 28.7 Å². The van der Waals surface area contributed by atoms with E-state index in [1.54, 1.807) is 30.6 Å². The fourth-order valence-electron chi connectivity index (χ4n) is 9.12. The largest absolute Gasteiger partial charge is 0.490 e. The van der Waals surface area contributed by atoms with E-state index in [1.807, 2.05) is 45.7 Å². The molecule has 0 saturated carbocycles. The van der Waals surface area contributed by atoms with Gasteiger partial charge in [-0.05, 0) is 67.6 Å². The Bertz CT molecular complexity index is 2530. The molecule has 4 aliphatic heterocycles. The average molecular weight is 1010 g/mol. The van der Waals surface area contributed by atoms with Crippen molar-refractivity contribution >= 4 is 98.1 Å². The molecule has 6 N–H and O–H groups in total. The molecule has 4 fully saturated rings. The lowest BCUT2D eigenvalue weighted by Gasteiger charge is -2.41. The summed E-state index contributed by atoms with van der Waals surface area (Å²) in [5.41, 5.74) is 16.7. The predicted molar refractivity (Wildman–Crippen MR) is 257 cm³/mol. The maximum Gasteiger partial charge on any atom is 0.490 e. The lowest BCUT2D eigenvalue weighted by Crippen LogP contribution is -2.51. The third-order valence-corrected chi connectivity index (χ3v) is 15.3. The topological polar surface area (TPSA) is 178 Å². The molecule has 0 aliphatic carbocycles. The van der Waals surface area contributed by atoms with E-state index in [0.29, 0.717) is 15.1 Å². The molecule has 4 aromatic heterocycles. The third kappa shape index (κ3) is 9.28. The van der Waals surface area contributed by atoms with E-state index in [0.717, 1.165) is 104 Å². The molecule has 4 atom stereocenters. The second-order valence-corrected chi connectivity index (χ2v) is 18.9. The first-order chi connectivity index (χ1) is 29.7. The van der Waals surface area contributed by atoms with Crippen LogP contribution < -0.4 is 26.7 Å². The van der Waals surface area contributed by atoms with Gasteiger partial charge in [-0.15, -0.1) is 0 Å². The molecule has 2 spiro atoms. The molecular weight excluding hydrogens is 953 g/mol. The molecule has 336 valence electrons. The second kappa shape index (κ2) is 19.7. The highest BCUT2D eigenvalue weighted by atomic mass is 79.9. The van der Waals surface area contributed by atoms with Crippen LogP contribution >= 0.6 is 62.3 Å². The number of hydrogen-bond acceptors (Lipinski definition) is 12. The summed E-state index contributed by atoms with van der Waals surface area (Å²) < 4.78 is 16.6. The minimum Gasteiger partial charge on any atom is -0.423 e. The van der Waals surface area contributed by atoms with Gasteiger partial charge in [0.05, 0.1) is 50.0 Å². The summed E-state index contributed by atoms with van der Waals surface area (Å²) in [7, 11) is -1.57. The lowest BCUT2D eigenvalue weighted by atomic mass is 9.73. The third-order valence-electron chi connectivity index (χ3n) is 13.0. The smallest absolute Gasteiger partial charge is 0.423 e. The van der Waals surface area contributed by atoms with E-state index in [9.17, 15) is 0 Å². The minimum absolute atomic E-state index is 0. The predicted octanol–water partition coefficient (Wildman–Crippen LogP) is 7.17. The van der Waals surface area contributed by atoms with Crippen LogP contribution in [0.2, 0.25) is 20.1 Å². The molecule has 0 radical (unpaired) electrons. The SMILES string of the molecule is C.C[C@@H]1OCC2(CCN(c3ncc(-c4cccc(Cl)c4Cl)c4nccn34)CC2)[C@@H]1N.C[C@@H]1OCC2(CCN(c3ncc(Br)c4nccn34)CC2)[C@@H]1N.OB(O)c1cccc(Cl)c1Cl. The van der Waals surface area contributed by atoms with Gasteiger partial charge in [0.1, 0.15) is 5.65 Å². The zero-order chi connectivity index (χ0) is 43.9. The summed E-state index contributed by atoms with van der Waals surface area (Å²) in [6, 6.07) is 10.5. The van der Waals surface area contributed by atoms with Crippen LogP contribution in [0.15, 0.2) is 78.1 Å². The standard InChI is InChI=1S/C21H23Cl2N5O.C15H20BrN5O.C6H5BCl2O2.CH4/c1-13-18(24)21(12-29-13)5-8-27(9-6-21)20-26-11-15(19-25-7-10-28(19)20)14-3-2-4-16(22)17(14)23;1-10-12(17)15(9-22-10)2-5-20(6-3-15)14-19-8-11(16)13-18-4-7-21(13)14;8-5-3-1-2-4(6(5)9)7(10)11;/h2-4,7,10-11,13,18H,5-6,8-9,12,24H2,1H3;4,7-8,10,12H,2-3,5-6,9,17H2,1H3;1-3,10-11H;1H4/t13-,18+;10-,12+;;/m00../s1. The summed E-state index contributed by atoms with van der Waals surface area (Å²) in [5, 5.41) is 19.0. The number of benzene rings is 2. The van der Waals surface area contributed by atoms with E-state index in [-0.39, 0.29) is 53.0 Å². The maximum absolute atomic E-state index is 8.74. The van der Waals surface area contributed by atoms with Crippen molar-refractivity contribution in [3.8, 4) is 11.1 Å². The fourth-order valence-corrected chi connectivity index (χ4v) is 10.3. The summed E-state index contributed by atoms with van der Waals surface area (Å²) in [6.45, 7) is 9.37. The summed E-state index contributed by atoms with van der Waals surface area (Å²) in [6.07, 6.45) is 15.5. The summed E-state index contributed by atoms with van der Waals surface area (Å²) >= 11 is 27.4. The van der Waals surface area contributed by atoms with E-state index >= 15 is 0 Å². The Balaban J connectivity index is 0.000000155. The van der Waals surface area contributed by atoms with Crippen LogP contribution in [0.25, 0.3) is 22.4 Å². The van der Waals surface area contributed by atoms with Gasteiger partial charge in [0, 0.05) is 103 Å². The molecule has 10 rings (SSSR count). The number of nitrogens with two attached hydrogens (primary N) is 2. The van der Waals surface area contributed by atoms with Crippen LogP contribution in [0, 0.1) is 10.8 Å². The molecular formula is C43H52BBrCl4N10O4. The van der Waals surface area contributed by atoms with Crippen LogP contribution in [0.1, 0.15) is 47.0 Å². The van der Waals surface area contributed by atoms with Gasteiger partial charge < -0.3 is 40.8 Å². The summed E-state index contributed by atoms with van der Waals surface area (Å²) in [4.78, 5) is 22.9. The molecule has 4 saturated heterocycles. The fraction of sp³-hybridized carbons (Fsp3) is 0.442. The number of piperidine rings is 2. The molecule has 4 aliphatic rings. The molecule has 0 amide bonds. The number of rotatable bonds is 4. The van der Waals surface area contributed by atoms with Crippen molar-refractivity contribution in [2.45, 2.75) is 71.2 Å². The van der Waals surface area contributed by atoms with Gasteiger partial charge in [-0.3, -0.25) is 8.80 Å². The number of ether oxygens (including phenoxy) is 2. The quantitative estimate of drug-likeness (QED) is 0.131. The first kappa shape index (κ1) is 47.7. The van der Waals surface area contributed by atoms with E-state index in [4.69, 9.17) is 82.4 Å². The monoisotopic (exact) mass is 1000 g/mol. The molecule has 14 nitrogen and oxygen atoms in total. The van der Waals surface area contributed by atoms with Gasteiger partial charge in [0.2, 0.25) is 11.9 Å². The van der Waals surface area contributed by atoms with E-state index in [1.165, 1.54) is 6.07 Å². The molecule has 8 heterocycles. The number of aromatic nitrogens is 6. The number of halogens is 5. The Morgan fingerprint density at radius 1 is 0.683 bits per heavy atom. The van der Waals surface area contributed by atoms with Crippen LogP contribution in [-0.4, -0.2) is 110 Å². The lowest BCUT2D eigenvalue weighted by molar-refractivity contribution is 0.0972. The molecule has 20 heteroatoms. The Hall–Kier alpha value is -3.26. The Kier molecular flexibility index (Phi) is 14.9. The Morgan fingerprint density at radius 3 is 1.65 bits per heavy atom. The highest BCUT2D eigenvalue weighted by molar-refractivity contribution is 9.10. The van der Waals surface area contributed by atoms with Crippen molar-refractivity contribution in [2.75, 3.05) is 49.2 Å². The van der Waals surface area contributed by atoms with Crippen LogP contribution in [0.3, 0.4) is 0 Å². The first-order valence-corrected chi connectivity index (χ1v) is 22.8. The van der Waals surface area contributed by atoms with Crippen molar-refractivity contribution in [3.63, 3.8) is 0 Å². The molecule has 63 heavy (non-hydrogen) atoms. The second-order valence-electron chi connectivity index (χ2n) is 16.5. The Morgan fingerprint density at radius 2 is 1.16 bits per heavy atom. The average Bonchev–Trinajstić information content (AvgIpc) is 4.08. The highest BCUT2D eigenvalue weighted by Gasteiger charge is 2.49. The molecule has 2 aromatic carbocycles. The van der Waals surface area contributed by atoms with E-state index < -0.39 is 7.12 Å². The van der Waals surface area contributed by atoms with Gasteiger partial charge >= 0.3 is 7.12 Å². The van der Waals surface area contributed by atoms with Gasteiger partial charge in [-0.25, -0.2) is 19.9 Å². The zero-order valence-electron chi connectivity index (χ0n) is 34.2. The molecule has 0 unspecified atom stereocenters. The number of anilines is 2. The molecule has 6 aromatic rings. The normalized spacial score (nSPS) is 22.5. The van der Waals surface area contributed by atoms with Crippen molar-refractivity contribution in [1.29, 1.82) is 0 Å². The Labute approximate surface area is 396 Å². The van der Waals surface area contributed by atoms with Crippen LogP contribution in [0.5, 0.6) is 0 Å². The van der Waals surface area contributed by atoms with Gasteiger partial charge in [0.15, 0.2) is 5.65 Å². The number of hydrogen-bond donors (Lipinski definition) is 4. The van der Waals surface area contributed by atoms with Gasteiger partial charge in [-0.1, -0.05) is 78.1 Å². The minimum atomic E-state index is -1.57. The number of fused-ring (bicyclic) bond motifs is 2. The maximum atomic E-state index is 8.74. The van der Waals surface area contributed by atoms with Crippen molar-refractivity contribution in [3.05, 3.63) is 98.1 Å². The highest BCUT2D eigenvalue weighted by Crippen LogP contribution is 2.44. The zero-order valence-corrected chi connectivity index (χ0v) is 38.8. The van der Waals surface area contributed by atoms with Crippen molar-refractivity contribution < 1.29 is 19.5 Å². The number of imidazole rings is 2. The number of nitrogens with zero attached hydrogens (tertiary/aromatic N) is 8. The summed E-state index contributed by atoms with van der Waals surface area (Å²) in [5.74, 6) is 1.83. The van der Waals surface area contributed by atoms with Crippen LogP contribution in [-0.2, 0) is 9.47 Å². The molecule has 0 bridgehead atoms. The van der Waals surface area contributed by atoms with Gasteiger partial charge in [0.25, 0.3) is 0 Å². The van der Waals surface area contributed by atoms with Gasteiger partial charge in [-0.2, -0.15) is 0 Å². The van der Waals surface area contributed by atoms with Crippen LogP contribution in [0.4, 0.5) is 11.9 Å². The van der Waals surface area contributed by atoms with E-state index in [2.05, 4.69) is 54.5 Å². The first-order valence-electron chi connectivity index (χ1n) is 20.5.